The number of nitrogens with zero attached hydrogens (tertiary/aromatic N) is 1. The molecule has 1 saturated heterocycles. The highest BCUT2D eigenvalue weighted by Gasteiger charge is 2.08. The molecule has 0 atom stereocenters. The molecule has 4 heteroatoms. The van der Waals surface area contributed by atoms with Gasteiger partial charge in [0.15, 0.2) is 0 Å². The third kappa shape index (κ3) is 4.65. The summed E-state index contributed by atoms with van der Waals surface area (Å²) < 4.78 is 0. The molecule has 1 aromatic carbocycles. The third-order valence-corrected chi connectivity index (χ3v) is 3.62. The normalized spacial score (nSPS) is 16.4. The van der Waals surface area contributed by atoms with Crippen molar-refractivity contribution < 1.29 is 4.79 Å². The van der Waals surface area contributed by atoms with Gasteiger partial charge in [-0.15, -0.1) is 0 Å². The smallest absolute Gasteiger partial charge is 0.248 e. The van der Waals surface area contributed by atoms with E-state index in [1.165, 1.54) is 37.9 Å². The van der Waals surface area contributed by atoms with Crippen LogP contribution in [0, 0.1) is 0 Å². The Morgan fingerprint density at radius 1 is 1.16 bits per heavy atom. The van der Waals surface area contributed by atoms with Crippen LogP contribution in [0.1, 0.15) is 35.2 Å². The van der Waals surface area contributed by atoms with Gasteiger partial charge in [0.2, 0.25) is 5.91 Å². The fourth-order valence-corrected chi connectivity index (χ4v) is 2.44. The second kappa shape index (κ2) is 7.26. The van der Waals surface area contributed by atoms with Crippen molar-refractivity contribution >= 4 is 5.91 Å². The maximum absolute atomic E-state index is 10.9. The van der Waals surface area contributed by atoms with Crippen LogP contribution in [0.15, 0.2) is 24.3 Å². The van der Waals surface area contributed by atoms with Gasteiger partial charge in [0, 0.05) is 25.2 Å². The number of hydrogen-bond donors (Lipinski definition) is 2. The minimum atomic E-state index is -0.371. The number of nitrogens with two attached hydrogens (primary N) is 1. The summed E-state index contributed by atoms with van der Waals surface area (Å²) in [5.74, 6) is -0.371. The molecular formula is C15H23N3O. The molecule has 1 heterocycles. The highest BCUT2D eigenvalue weighted by molar-refractivity contribution is 5.92. The largest absolute Gasteiger partial charge is 0.366 e. The molecule has 0 saturated carbocycles. The van der Waals surface area contributed by atoms with Gasteiger partial charge < -0.3 is 16.0 Å². The van der Waals surface area contributed by atoms with Crippen LogP contribution in [0.4, 0.5) is 0 Å². The van der Waals surface area contributed by atoms with Crippen molar-refractivity contribution in [1.82, 2.24) is 10.2 Å². The van der Waals surface area contributed by atoms with Gasteiger partial charge in [-0.3, -0.25) is 4.79 Å². The molecule has 1 aromatic rings. The van der Waals surface area contributed by atoms with Gasteiger partial charge in [-0.2, -0.15) is 0 Å². The zero-order valence-electron chi connectivity index (χ0n) is 11.4. The number of likely N-dealkylation sites (tertiary alicyclic amines) is 1. The number of carbonyl (C=O) groups is 1. The Kier molecular flexibility index (Phi) is 5.36. The molecule has 0 spiro atoms. The predicted molar refractivity (Wildman–Crippen MR) is 77.0 cm³/mol. The molecule has 1 fully saturated rings. The number of carbonyl (C=O) groups excluding carboxylic acids is 1. The Balaban J connectivity index is 1.66. The molecule has 4 nitrogen and oxygen atoms in total. The van der Waals surface area contributed by atoms with E-state index in [-0.39, 0.29) is 5.91 Å². The maximum atomic E-state index is 10.9. The lowest BCUT2D eigenvalue weighted by molar-refractivity contribution is 0.100. The number of primary amides is 1. The average Bonchev–Trinajstić information content (AvgIpc) is 2.45. The van der Waals surface area contributed by atoms with E-state index in [1.807, 2.05) is 12.1 Å². The van der Waals surface area contributed by atoms with Crippen molar-refractivity contribution in [3.05, 3.63) is 35.4 Å². The van der Waals surface area contributed by atoms with Crippen LogP contribution < -0.4 is 11.1 Å². The van der Waals surface area contributed by atoms with E-state index >= 15 is 0 Å². The van der Waals surface area contributed by atoms with Gasteiger partial charge >= 0.3 is 0 Å². The summed E-state index contributed by atoms with van der Waals surface area (Å²) in [6, 6.07) is 7.47. The first-order chi connectivity index (χ1) is 9.25. The highest BCUT2D eigenvalue weighted by Crippen LogP contribution is 2.07. The van der Waals surface area contributed by atoms with Crippen molar-refractivity contribution in [2.75, 3.05) is 26.2 Å². The number of amides is 1. The lowest BCUT2D eigenvalue weighted by Gasteiger charge is -2.26. The average molecular weight is 261 g/mol. The summed E-state index contributed by atoms with van der Waals surface area (Å²) in [4.78, 5) is 13.5. The first-order valence-corrected chi connectivity index (χ1v) is 7.07. The molecule has 19 heavy (non-hydrogen) atoms. The van der Waals surface area contributed by atoms with Crippen molar-refractivity contribution in [3.8, 4) is 0 Å². The van der Waals surface area contributed by atoms with E-state index in [0.29, 0.717) is 5.56 Å². The van der Waals surface area contributed by atoms with Gasteiger partial charge in [-0.1, -0.05) is 18.6 Å². The van der Waals surface area contributed by atoms with Crippen LogP contribution in [0.3, 0.4) is 0 Å². The van der Waals surface area contributed by atoms with Crippen molar-refractivity contribution in [3.63, 3.8) is 0 Å². The molecule has 1 amide bonds. The topological polar surface area (TPSA) is 58.4 Å². The summed E-state index contributed by atoms with van der Waals surface area (Å²) in [6.45, 7) is 5.47. The Hall–Kier alpha value is -1.39. The van der Waals surface area contributed by atoms with E-state index in [1.54, 1.807) is 12.1 Å². The molecule has 104 valence electrons. The van der Waals surface area contributed by atoms with Crippen LogP contribution in [0.5, 0.6) is 0 Å². The maximum Gasteiger partial charge on any atom is 0.248 e. The van der Waals surface area contributed by atoms with E-state index in [2.05, 4.69) is 10.2 Å². The van der Waals surface area contributed by atoms with Crippen LogP contribution in [-0.2, 0) is 6.54 Å². The molecule has 0 bridgehead atoms. The van der Waals surface area contributed by atoms with Crippen molar-refractivity contribution in [2.45, 2.75) is 25.8 Å². The summed E-state index contributed by atoms with van der Waals surface area (Å²) in [6.07, 6.45) is 4.07. The number of benzene rings is 1. The molecule has 3 N–H and O–H groups in total. The molecule has 0 aliphatic carbocycles. The molecule has 2 rings (SSSR count). The van der Waals surface area contributed by atoms with Gasteiger partial charge in [0.05, 0.1) is 0 Å². The Morgan fingerprint density at radius 3 is 2.47 bits per heavy atom. The van der Waals surface area contributed by atoms with E-state index in [4.69, 9.17) is 5.73 Å². The highest BCUT2D eigenvalue weighted by atomic mass is 16.1. The summed E-state index contributed by atoms with van der Waals surface area (Å²) in [7, 11) is 0. The van der Waals surface area contributed by atoms with Crippen molar-refractivity contribution in [2.24, 2.45) is 5.73 Å². The SMILES string of the molecule is NC(=O)c1ccc(CNCCN2CCCCC2)cc1. The van der Waals surface area contributed by atoms with Crippen LogP contribution in [-0.4, -0.2) is 37.0 Å². The van der Waals surface area contributed by atoms with Gasteiger partial charge in [-0.25, -0.2) is 0 Å². The van der Waals surface area contributed by atoms with E-state index in [0.717, 1.165) is 19.6 Å². The van der Waals surface area contributed by atoms with Gasteiger partial charge in [0.1, 0.15) is 0 Å². The molecule has 1 aliphatic heterocycles. The van der Waals surface area contributed by atoms with Crippen LogP contribution in [0.2, 0.25) is 0 Å². The lowest BCUT2D eigenvalue weighted by atomic mass is 10.1. The summed E-state index contributed by atoms with van der Waals surface area (Å²) in [5.41, 5.74) is 6.96. The lowest BCUT2D eigenvalue weighted by Crippen LogP contribution is -2.35. The minimum Gasteiger partial charge on any atom is -0.366 e. The summed E-state index contributed by atoms with van der Waals surface area (Å²) in [5, 5.41) is 3.44. The predicted octanol–water partition coefficient (Wildman–Crippen LogP) is 1.36. The quantitative estimate of drug-likeness (QED) is 0.760. The molecule has 0 unspecified atom stereocenters. The first kappa shape index (κ1) is 14.0. The molecule has 0 aromatic heterocycles. The molecule has 0 radical (unpaired) electrons. The second-order valence-corrected chi connectivity index (χ2v) is 5.14. The fourth-order valence-electron chi connectivity index (χ4n) is 2.44. The van der Waals surface area contributed by atoms with Crippen molar-refractivity contribution in [1.29, 1.82) is 0 Å². The van der Waals surface area contributed by atoms with E-state index in [9.17, 15) is 4.79 Å². The van der Waals surface area contributed by atoms with Gasteiger partial charge in [0.25, 0.3) is 0 Å². The van der Waals surface area contributed by atoms with Crippen LogP contribution in [0.25, 0.3) is 0 Å². The standard InChI is InChI=1S/C15H23N3O/c16-15(19)14-6-4-13(5-7-14)12-17-8-11-18-9-2-1-3-10-18/h4-7,17H,1-3,8-12H2,(H2,16,19). The third-order valence-electron chi connectivity index (χ3n) is 3.62. The number of nitrogens with one attached hydrogen (secondary N) is 1. The fraction of sp³-hybridized carbons (Fsp3) is 0.533. The summed E-state index contributed by atoms with van der Waals surface area (Å²) >= 11 is 0. The number of hydrogen-bond acceptors (Lipinski definition) is 3. The zero-order valence-corrected chi connectivity index (χ0v) is 11.4. The second-order valence-electron chi connectivity index (χ2n) is 5.14. The Morgan fingerprint density at radius 2 is 1.84 bits per heavy atom. The monoisotopic (exact) mass is 261 g/mol. The zero-order chi connectivity index (χ0) is 13.5. The number of piperidine rings is 1. The van der Waals surface area contributed by atoms with Crippen LogP contribution >= 0.6 is 0 Å². The Bertz CT molecular complexity index is 396. The minimum absolute atomic E-state index is 0.371. The molecular weight excluding hydrogens is 238 g/mol. The number of rotatable bonds is 6. The molecule has 1 aliphatic rings. The van der Waals surface area contributed by atoms with Gasteiger partial charge in [-0.05, 0) is 43.6 Å². The first-order valence-electron chi connectivity index (χ1n) is 7.07. The Labute approximate surface area is 115 Å². The van der Waals surface area contributed by atoms with E-state index < -0.39 is 0 Å².